The van der Waals surface area contributed by atoms with Crippen LogP contribution in [0, 0.1) is 0 Å². The summed E-state index contributed by atoms with van der Waals surface area (Å²) >= 11 is 0. The van der Waals surface area contributed by atoms with E-state index >= 15 is 0 Å². The van der Waals surface area contributed by atoms with Crippen LogP contribution in [0.25, 0.3) is 22.6 Å². The molecule has 0 aliphatic carbocycles. The van der Waals surface area contributed by atoms with Gasteiger partial charge in [-0.25, -0.2) is 4.98 Å². The highest BCUT2D eigenvalue weighted by molar-refractivity contribution is 5.77. The van der Waals surface area contributed by atoms with Crippen molar-refractivity contribution in [2.45, 2.75) is 26.4 Å². The number of hydrogen-bond acceptors (Lipinski definition) is 4. The molecule has 0 aliphatic heterocycles. The second-order valence-electron chi connectivity index (χ2n) is 6.19. The molecule has 0 radical (unpaired) electrons. The monoisotopic (exact) mass is 296 g/mol. The second-order valence-corrected chi connectivity index (χ2v) is 6.19. The van der Waals surface area contributed by atoms with Crippen LogP contribution < -0.4 is 10.1 Å². The lowest BCUT2D eigenvalue weighted by Gasteiger charge is -2.20. The molecule has 1 N–H and O–H groups in total. The predicted octanol–water partition coefficient (Wildman–Crippen LogP) is 4.71. The SMILES string of the molecule is CNc1ccc(-c2nc3ccc(OC(C)(C)C)cc3o2)cc1. The molecule has 0 saturated carbocycles. The Morgan fingerprint density at radius 3 is 2.41 bits per heavy atom. The maximum Gasteiger partial charge on any atom is 0.227 e. The molecule has 1 heterocycles. The number of nitrogens with zero attached hydrogens (tertiary/aromatic N) is 1. The number of rotatable bonds is 3. The van der Waals surface area contributed by atoms with E-state index in [1.807, 2.05) is 70.3 Å². The lowest BCUT2D eigenvalue weighted by molar-refractivity contribution is 0.131. The maximum absolute atomic E-state index is 5.87. The number of anilines is 1. The lowest BCUT2D eigenvalue weighted by atomic mass is 10.2. The van der Waals surface area contributed by atoms with E-state index in [1.54, 1.807) is 0 Å². The van der Waals surface area contributed by atoms with Gasteiger partial charge in [-0.2, -0.15) is 0 Å². The minimum atomic E-state index is -0.237. The summed E-state index contributed by atoms with van der Waals surface area (Å²) in [5, 5.41) is 3.09. The second kappa shape index (κ2) is 5.37. The van der Waals surface area contributed by atoms with Crippen LogP contribution in [-0.2, 0) is 0 Å². The van der Waals surface area contributed by atoms with Crippen molar-refractivity contribution in [3.05, 3.63) is 42.5 Å². The van der Waals surface area contributed by atoms with E-state index in [0.717, 1.165) is 28.1 Å². The Bertz CT molecular complexity index is 783. The van der Waals surface area contributed by atoms with Gasteiger partial charge in [-0.3, -0.25) is 0 Å². The van der Waals surface area contributed by atoms with Gasteiger partial charge in [0.2, 0.25) is 5.89 Å². The molecule has 22 heavy (non-hydrogen) atoms. The standard InChI is InChI=1S/C18H20N2O2/c1-18(2,3)22-14-9-10-15-16(11-14)21-17(20-15)12-5-7-13(19-4)8-6-12/h5-11,19H,1-4H3. The summed E-state index contributed by atoms with van der Waals surface area (Å²) in [4.78, 5) is 4.53. The first-order valence-electron chi connectivity index (χ1n) is 7.32. The lowest BCUT2D eigenvalue weighted by Crippen LogP contribution is -2.22. The number of aromatic nitrogens is 1. The zero-order chi connectivity index (χ0) is 15.7. The third-order valence-electron chi connectivity index (χ3n) is 3.20. The highest BCUT2D eigenvalue weighted by Crippen LogP contribution is 2.29. The molecule has 114 valence electrons. The molecular weight excluding hydrogens is 276 g/mol. The molecule has 4 nitrogen and oxygen atoms in total. The van der Waals surface area contributed by atoms with Crippen molar-refractivity contribution in [2.24, 2.45) is 0 Å². The van der Waals surface area contributed by atoms with E-state index in [0.29, 0.717) is 5.89 Å². The van der Waals surface area contributed by atoms with Gasteiger partial charge in [-0.1, -0.05) is 0 Å². The number of oxazole rings is 1. The van der Waals surface area contributed by atoms with Crippen LogP contribution in [0.1, 0.15) is 20.8 Å². The van der Waals surface area contributed by atoms with E-state index < -0.39 is 0 Å². The Hall–Kier alpha value is -2.49. The van der Waals surface area contributed by atoms with Crippen molar-refractivity contribution < 1.29 is 9.15 Å². The fraction of sp³-hybridized carbons (Fsp3) is 0.278. The number of fused-ring (bicyclic) bond motifs is 1. The van der Waals surface area contributed by atoms with Gasteiger partial charge in [-0.05, 0) is 57.2 Å². The Kier molecular flexibility index (Phi) is 3.53. The van der Waals surface area contributed by atoms with Crippen molar-refractivity contribution >= 4 is 16.8 Å². The van der Waals surface area contributed by atoms with Gasteiger partial charge < -0.3 is 14.5 Å². The van der Waals surface area contributed by atoms with Crippen LogP contribution in [0.15, 0.2) is 46.9 Å². The molecule has 0 unspecified atom stereocenters. The fourth-order valence-corrected chi connectivity index (χ4v) is 2.22. The third kappa shape index (κ3) is 3.06. The molecule has 2 aromatic carbocycles. The molecule has 0 atom stereocenters. The molecule has 4 heteroatoms. The predicted molar refractivity (Wildman–Crippen MR) is 89.4 cm³/mol. The Labute approximate surface area is 130 Å². The van der Waals surface area contributed by atoms with Crippen LogP contribution in [0.3, 0.4) is 0 Å². The van der Waals surface area contributed by atoms with Crippen molar-refractivity contribution in [1.29, 1.82) is 0 Å². The van der Waals surface area contributed by atoms with Crippen LogP contribution in [0.2, 0.25) is 0 Å². The van der Waals surface area contributed by atoms with Gasteiger partial charge in [0.05, 0.1) is 0 Å². The van der Waals surface area contributed by atoms with Crippen molar-refractivity contribution in [3.8, 4) is 17.2 Å². The summed E-state index contributed by atoms with van der Waals surface area (Å²) < 4.78 is 11.7. The Balaban J connectivity index is 1.95. The molecule has 3 rings (SSSR count). The first-order valence-corrected chi connectivity index (χ1v) is 7.32. The molecule has 0 saturated heterocycles. The Morgan fingerprint density at radius 1 is 1.05 bits per heavy atom. The van der Waals surface area contributed by atoms with Gasteiger partial charge in [0.1, 0.15) is 16.9 Å². The minimum Gasteiger partial charge on any atom is -0.488 e. The maximum atomic E-state index is 5.87. The molecule has 3 aromatic rings. The minimum absolute atomic E-state index is 0.237. The van der Waals surface area contributed by atoms with E-state index in [-0.39, 0.29) is 5.60 Å². The first-order chi connectivity index (χ1) is 10.4. The molecular formula is C18H20N2O2. The van der Waals surface area contributed by atoms with Crippen molar-refractivity contribution in [2.75, 3.05) is 12.4 Å². The third-order valence-corrected chi connectivity index (χ3v) is 3.20. The van der Waals surface area contributed by atoms with E-state index in [9.17, 15) is 0 Å². The number of benzene rings is 2. The summed E-state index contributed by atoms with van der Waals surface area (Å²) in [6.07, 6.45) is 0. The number of hydrogen-bond donors (Lipinski definition) is 1. The topological polar surface area (TPSA) is 47.3 Å². The highest BCUT2D eigenvalue weighted by atomic mass is 16.5. The van der Waals surface area contributed by atoms with Gasteiger partial charge in [-0.15, -0.1) is 0 Å². The Morgan fingerprint density at radius 2 is 1.77 bits per heavy atom. The largest absolute Gasteiger partial charge is 0.488 e. The van der Waals surface area contributed by atoms with E-state index in [1.165, 1.54) is 0 Å². The zero-order valence-electron chi connectivity index (χ0n) is 13.3. The van der Waals surface area contributed by atoms with Crippen LogP contribution in [0.4, 0.5) is 5.69 Å². The van der Waals surface area contributed by atoms with E-state index in [4.69, 9.17) is 9.15 Å². The van der Waals surface area contributed by atoms with Crippen LogP contribution >= 0.6 is 0 Å². The fourth-order valence-electron chi connectivity index (χ4n) is 2.22. The number of ether oxygens (including phenoxy) is 1. The summed E-state index contributed by atoms with van der Waals surface area (Å²) in [5.74, 6) is 1.40. The smallest absolute Gasteiger partial charge is 0.227 e. The average molecular weight is 296 g/mol. The van der Waals surface area contributed by atoms with Crippen molar-refractivity contribution in [3.63, 3.8) is 0 Å². The van der Waals surface area contributed by atoms with E-state index in [2.05, 4.69) is 10.3 Å². The first kappa shape index (κ1) is 14.4. The zero-order valence-corrected chi connectivity index (χ0v) is 13.3. The van der Waals surface area contributed by atoms with Crippen molar-refractivity contribution in [1.82, 2.24) is 4.98 Å². The molecule has 1 aromatic heterocycles. The summed E-state index contributed by atoms with van der Waals surface area (Å²) in [6, 6.07) is 13.7. The molecule has 0 fully saturated rings. The van der Waals surface area contributed by atoms with Gasteiger partial charge in [0.25, 0.3) is 0 Å². The van der Waals surface area contributed by atoms with Gasteiger partial charge >= 0.3 is 0 Å². The molecule has 0 amide bonds. The summed E-state index contributed by atoms with van der Waals surface area (Å²) in [7, 11) is 1.89. The molecule has 0 bridgehead atoms. The molecule has 0 aliphatic rings. The van der Waals surface area contributed by atoms with Gasteiger partial charge in [0, 0.05) is 24.4 Å². The van der Waals surface area contributed by atoms with Gasteiger partial charge in [0.15, 0.2) is 5.58 Å². The quantitative estimate of drug-likeness (QED) is 0.760. The van der Waals surface area contributed by atoms with Crippen LogP contribution in [0.5, 0.6) is 5.75 Å². The average Bonchev–Trinajstić information content (AvgIpc) is 2.89. The summed E-state index contributed by atoms with van der Waals surface area (Å²) in [6.45, 7) is 6.06. The van der Waals surface area contributed by atoms with Crippen LogP contribution in [-0.4, -0.2) is 17.6 Å². The molecule has 0 spiro atoms. The summed E-state index contributed by atoms with van der Waals surface area (Å²) in [5.41, 5.74) is 3.33. The normalized spacial score (nSPS) is 11.6. The number of nitrogens with one attached hydrogen (secondary N) is 1. The highest BCUT2D eigenvalue weighted by Gasteiger charge is 2.14.